The van der Waals surface area contributed by atoms with Crippen LogP contribution >= 0.6 is 0 Å². The first-order chi connectivity index (χ1) is 10.4. The van der Waals surface area contributed by atoms with Crippen molar-refractivity contribution in [3.63, 3.8) is 0 Å². The Morgan fingerprint density at radius 2 is 1.73 bits per heavy atom. The number of urea groups is 1. The highest BCUT2D eigenvalue weighted by Gasteiger charge is 2.38. The third kappa shape index (κ3) is 3.65. The molecule has 1 heterocycles. The van der Waals surface area contributed by atoms with Crippen molar-refractivity contribution in [3.05, 3.63) is 0 Å². The quantitative estimate of drug-likeness (QED) is 0.853. The zero-order valence-corrected chi connectivity index (χ0v) is 14.0. The van der Waals surface area contributed by atoms with E-state index in [1.807, 2.05) is 0 Å². The first-order valence-electron chi connectivity index (χ1n) is 8.39. The maximum absolute atomic E-state index is 12.7. The van der Waals surface area contributed by atoms with Gasteiger partial charge in [0.25, 0.3) is 0 Å². The van der Waals surface area contributed by atoms with Crippen molar-refractivity contribution >= 4 is 12.1 Å². The summed E-state index contributed by atoms with van der Waals surface area (Å²) in [6, 6.07) is 0.536. The van der Waals surface area contributed by atoms with Gasteiger partial charge in [-0.15, -0.1) is 0 Å². The van der Waals surface area contributed by atoms with Gasteiger partial charge < -0.3 is 19.8 Å². The smallest absolute Gasteiger partial charge is 0.407 e. The molecule has 0 spiro atoms. The summed E-state index contributed by atoms with van der Waals surface area (Å²) < 4.78 is 0. The summed E-state index contributed by atoms with van der Waals surface area (Å²) in [6.07, 6.45) is 5.66. The van der Waals surface area contributed by atoms with Crippen LogP contribution in [0.4, 0.5) is 9.59 Å². The number of likely N-dealkylation sites (tertiary alicyclic amines) is 1. The van der Waals surface area contributed by atoms with Crippen LogP contribution in [0, 0.1) is 5.92 Å². The molecular formula is C16H29N3O3. The Morgan fingerprint density at radius 1 is 1.09 bits per heavy atom. The number of nitrogens with zero attached hydrogens (tertiary/aromatic N) is 3. The van der Waals surface area contributed by atoms with E-state index >= 15 is 0 Å². The van der Waals surface area contributed by atoms with E-state index in [4.69, 9.17) is 5.11 Å². The second-order valence-corrected chi connectivity index (χ2v) is 6.94. The van der Waals surface area contributed by atoms with Crippen molar-refractivity contribution in [3.8, 4) is 0 Å². The van der Waals surface area contributed by atoms with Gasteiger partial charge in [-0.1, -0.05) is 26.2 Å². The molecule has 22 heavy (non-hydrogen) atoms. The molecule has 0 aromatic rings. The SMILES string of the molecule is C[C@@H]1CN(C(=O)O)CC[C@H]1N(C(=O)N(C)C)C1CCCCC1. The molecule has 1 aliphatic heterocycles. The monoisotopic (exact) mass is 311 g/mol. The van der Waals surface area contributed by atoms with Crippen LogP contribution in [-0.4, -0.2) is 71.2 Å². The van der Waals surface area contributed by atoms with Crippen molar-refractivity contribution in [2.24, 2.45) is 5.92 Å². The number of piperidine rings is 1. The van der Waals surface area contributed by atoms with E-state index < -0.39 is 6.09 Å². The third-order valence-corrected chi connectivity index (χ3v) is 5.06. The molecule has 126 valence electrons. The van der Waals surface area contributed by atoms with E-state index in [0.717, 1.165) is 19.3 Å². The van der Waals surface area contributed by atoms with Gasteiger partial charge in [0.1, 0.15) is 0 Å². The minimum atomic E-state index is -0.853. The van der Waals surface area contributed by atoms with Crippen molar-refractivity contribution in [2.75, 3.05) is 27.2 Å². The largest absolute Gasteiger partial charge is 0.465 e. The van der Waals surface area contributed by atoms with E-state index in [-0.39, 0.29) is 18.0 Å². The number of carbonyl (C=O) groups is 2. The number of amides is 3. The van der Waals surface area contributed by atoms with E-state index in [1.54, 1.807) is 19.0 Å². The van der Waals surface area contributed by atoms with E-state index in [1.165, 1.54) is 24.2 Å². The average molecular weight is 311 g/mol. The lowest BCUT2D eigenvalue weighted by molar-refractivity contribution is 0.0404. The maximum atomic E-state index is 12.7. The second kappa shape index (κ2) is 7.20. The Kier molecular flexibility index (Phi) is 5.53. The molecule has 2 atom stereocenters. The molecule has 0 radical (unpaired) electrons. The van der Waals surface area contributed by atoms with Gasteiger partial charge in [0, 0.05) is 39.3 Å². The third-order valence-electron chi connectivity index (χ3n) is 5.06. The molecule has 1 N–H and O–H groups in total. The van der Waals surface area contributed by atoms with Gasteiger partial charge in [0.05, 0.1) is 0 Å². The topological polar surface area (TPSA) is 64.1 Å². The van der Waals surface area contributed by atoms with E-state index in [2.05, 4.69) is 11.8 Å². The van der Waals surface area contributed by atoms with Crippen LogP contribution in [0.25, 0.3) is 0 Å². The lowest BCUT2D eigenvalue weighted by atomic mass is 9.87. The molecule has 2 rings (SSSR count). The molecule has 1 saturated heterocycles. The Balaban J connectivity index is 2.14. The standard InChI is InChI=1S/C16H29N3O3/c1-12-11-18(16(21)22)10-9-14(12)19(15(20)17(2)3)13-7-5-4-6-8-13/h12-14H,4-11H2,1-3H3,(H,21,22)/t12-,14-/m1/s1. The molecule has 1 saturated carbocycles. The zero-order chi connectivity index (χ0) is 16.3. The van der Waals surface area contributed by atoms with Crippen molar-refractivity contribution < 1.29 is 14.7 Å². The highest BCUT2D eigenvalue weighted by molar-refractivity contribution is 5.74. The highest BCUT2D eigenvalue weighted by Crippen LogP contribution is 2.30. The van der Waals surface area contributed by atoms with Gasteiger partial charge in [-0.2, -0.15) is 0 Å². The Bertz CT molecular complexity index is 407. The summed E-state index contributed by atoms with van der Waals surface area (Å²) in [4.78, 5) is 29.1. The van der Waals surface area contributed by atoms with Crippen molar-refractivity contribution in [2.45, 2.75) is 57.5 Å². The van der Waals surface area contributed by atoms with Gasteiger partial charge in [-0.05, 0) is 25.2 Å². The van der Waals surface area contributed by atoms with Gasteiger partial charge in [-0.25, -0.2) is 9.59 Å². The predicted molar refractivity (Wildman–Crippen MR) is 85.0 cm³/mol. The molecule has 6 heteroatoms. The van der Waals surface area contributed by atoms with Crippen molar-refractivity contribution in [1.29, 1.82) is 0 Å². The average Bonchev–Trinajstić information content (AvgIpc) is 2.49. The number of carbonyl (C=O) groups excluding carboxylic acids is 1. The fraction of sp³-hybridized carbons (Fsp3) is 0.875. The molecule has 0 unspecified atom stereocenters. The lowest BCUT2D eigenvalue weighted by Crippen LogP contribution is -2.58. The number of carboxylic acid groups (broad SMARTS) is 1. The van der Waals surface area contributed by atoms with Crippen LogP contribution in [0.5, 0.6) is 0 Å². The van der Waals surface area contributed by atoms with Crippen LogP contribution in [0.3, 0.4) is 0 Å². The molecular weight excluding hydrogens is 282 g/mol. The molecule has 0 aromatic carbocycles. The Labute approximate surface area is 133 Å². The molecule has 6 nitrogen and oxygen atoms in total. The summed E-state index contributed by atoms with van der Waals surface area (Å²) in [5.74, 6) is 0.177. The van der Waals surface area contributed by atoms with Crippen LogP contribution in [-0.2, 0) is 0 Å². The minimum absolute atomic E-state index is 0.0764. The normalized spacial score (nSPS) is 26.6. The van der Waals surface area contributed by atoms with Crippen LogP contribution < -0.4 is 0 Å². The van der Waals surface area contributed by atoms with Crippen LogP contribution in [0.15, 0.2) is 0 Å². The molecule has 3 amide bonds. The predicted octanol–water partition coefficient (Wildman–Crippen LogP) is 2.69. The Morgan fingerprint density at radius 3 is 2.23 bits per heavy atom. The molecule has 1 aliphatic carbocycles. The maximum Gasteiger partial charge on any atom is 0.407 e. The first kappa shape index (κ1) is 16.9. The van der Waals surface area contributed by atoms with Crippen LogP contribution in [0.2, 0.25) is 0 Å². The zero-order valence-electron chi connectivity index (χ0n) is 14.0. The molecule has 2 fully saturated rings. The van der Waals surface area contributed by atoms with Gasteiger partial charge >= 0.3 is 12.1 Å². The van der Waals surface area contributed by atoms with Crippen molar-refractivity contribution in [1.82, 2.24) is 14.7 Å². The lowest BCUT2D eigenvalue weighted by Gasteiger charge is -2.47. The summed E-state index contributed by atoms with van der Waals surface area (Å²) in [5.41, 5.74) is 0. The van der Waals surface area contributed by atoms with Crippen LogP contribution in [0.1, 0.15) is 45.4 Å². The summed E-state index contributed by atoms with van der Waals surface area (Å²) in [7, 11) is 3.60. The van der Waals surface area contributed by atoms with Gasteiger partial charge in [-0.3, -0.25) is 0 Å². The summed E-state index contributed by atoms with van der Waals surface area (Å²) in [5, 5.41) is 9.16. The number of rotatable bonds is 2. The highest BCUT2D eigenvalue weighted by atomic mass is 16.4. The first-order valence-corrected chi connectivity index (χ1v) is 8.39. The van der Waals surface area contributed by atoms with Gasteiger partial charge in [0.2, 0.25) is 0 Å². The number of hydrogen-bond acceptors (Lipinski definition) is 2. The van der Waals surface area contributed by atoms with Gasteiger partial charge in [0.15, 0.2) is 0 Å². The fourth-order valence-corrected chi connectivity index (χ4v) is 3.88. The molecule has 0 bridgehead atoms. The second-order valence-electron chi connectivity index (χ2n) is 6.94. The summed E-state index contributed by atoms with van der Waals surface area (Å²) >= 11 is 0. The molecule has 0 aromatic heterocycles. The Hall–Kier alpha value is -1.46. The fourth-order valence-electron chi connectivity index (χ4n) is 3.88. The summed E-state index contributed by atoms with van der Waals surface area (Å²) in [6.45, 7) is 3.11. The molecule has 2 aliphatic rings. The van der Waals surface area contributed by atoms with E-state index in [9.17, 15) is 9.59 Å². The minimum Gasteiger partial charge on any atom is -0.465 e. The van der Waals surface area contributed by atoms with E-state index in [0.29, 0.717) is 19.1 Å². The number of hydrogen-bond donors (Lipinski definition) is 1.